The molecule has 3 aromatic carbocycles. The summed E-state index contributed by atoms with van der Waals surface area (Å²) in [7, 11) is -4.06. The van der Waals surface area contributed by atoms with Crippen LogP contribution in [0.2, 0.25) is 0 Å². The largest absolute Gasteiger partial charge is 0.488 e. The van der Waals surface area contributed by atoms with Gasteiger partial charge in [-0.15, -0.1) is 9.35 Å². The number of carbonyl (C=O) groups excluding carboxylic acids is 2. The van der Waals surface area contributed by atoms with Gasteiger partial charge < -0.3 is 4.74 Å². The Hall–Kier alpha value is -3.49. The molecule has 0 spiro atoms. The average Bonchev–Trinajstić information content (AvgIpc) is 2.73. The molecule has 0 aliphatic carbocycles. The van der Waals surface area contributed by atoms with Gasteiger partial charge in [0.15, 0.2) is 0 Å². The molecule has 33 heavy (non-hydrogen) atoms. The van der Waals surface area contributed by atoms with Crippen LogP contribution in [0.25, 0.3) is 22.9 Å². The zero-order chi connectivity index (χ0) is 24.0. The van der Waals surface area contributed by atoms with E-state index < -0.39 is 21.9 Å². The molecule has 0 saturated carbocycles. The van der Waals surface area contributed by atoms with Crippen LogP contribution in [0.4, 0.5) is 0 Å². The summed E-state index contributed by atoms with van der Waals surface area (Å²) < 4.78 is 33.5. The van der Waals surface area contributed by atoms with Crippen molar-refractivity contribution >= 4 is 44.9 Å². The predicted octanol–water partition coefficient (Wildman–Crippen LogP) is 4.67. The monoisotopic (exact) mass is 465 g/mol. The highest BCUT2D eigenvalue weighted by atomic mass is 32.2. The summed E-state index contributed by atoms with van der Waals surface area (Å²) in [5, 5.41) is 1.47. The van der Waals surface area contributed by atoms with E-state index in [-0.39, 0.29) is 16.7 Å². The van der Waals surface area contributed by atoms with Crippen molar-refractivity contribution in [1.82, 2.24) is 5.06 Å². The zero-order valence-corrected chi connectivity index (χ0v) is 19.5. The van der Waals surface area contributed by atoms with Crippen molar-refractivity contribution in [1.29, 1.82) is 0 Å². The van der Waals surface area contributed by atoms with E-state index in [2.05, 4.69) is 4.28 Å². The molecule has 0 atom stereocenters. The second-order valence-corrected chi connectivity index (χ2v) is 10.3. The molecule has 8 heteroatoms. The number of ether oxygens (including phenoxy) is 1. The van der Waals surface area contributed by atoms with Crippen molar-refractivity contribution in [3.8, 4) is 5.75 Å². The van der Waals surface area contributed by atoms with Gasteiger partial charge in [-0.3, -0.25) is 9.59 Å². The Bertz CT molecular complexity index is 1380. The summed E-state index contributed by atoms with van der Waals surface area (Å²) >= 11 is 0. The highest BCUT2D eigenvalue weighted by Gasteiger charge is 2.36. The van der Waals surface area contributed by atoms with Gasteiger partial charge in [-0.2, -0.15) is 8.42 Å². The van der Waals surface area contributed by atoms with Crippen LogP contribution in [-0.4, -0.2) is 37.2 Å². The molecule has 0 unspecified atom stereocenters. The quantitative estimate of drug-likeness (QED) is 0.402. The smallest absolute Gasteiger partial charge is 0.286 e. The fourth-order valence-corrected chi connectivity index (χ4v) is 4.04. The molecule has 1 heterocycles. The molecule has 2 amide bonds. The van der Waals surface area contributed by atoms with E-state index in [1.54, 1.807) is 24.3 Å². The molecule has 0 bridgehead atoms. The number of carbonyl (C=O) groups is 2. The molecule has 1 aliphatic heterocycles. The van der Waals surface area contributed by atoms with Crippen LogP contribution in [-0.2, 0) is 14.4 Å². The van der Waals surface area contributed by atoms with Crippen LogP contribution in [0.1, 0.15) is 52.6 Å². The van der Waals surface area contributed by atoms with Crippen molar-refractivity contribution in [3.63, 3.8) is 0 Å². The van der Waals surface area contributed by atoms with E-state index >= 15 is 0 Å². The number of imide groups is 1. The van der Waals surface area contributed by atoms with Gasteiger partial charge >= 0.3 is 0 Å². The molecule has 0 saturated heterocycles. The number of nitrogens with zero attached hydrogens (tertiary/aromatic N) is 1. The molecule has 1 aliphatic rings. The summed E-state index contributed by atoms with van der Waals surface area (Å²) in [6.07, 6.45) is 4.60. The summed E-state index contributed by atoms with van der Waals surface area (Å²) in [4.78, 5) is 25.6. The number of amides is 2. The van der Waals surface area contributed by atoms with Gasteiger partial charge in [0.25, 0.3) is 21.9 Å². The number of hydrogen-bond donors (Lipinski definition) is 0. The van der Waals surface area contributed by atoms with E-state index in [9.17, 15) is 18.0 Å². The zero-order valence-electron chi connectivity index (χ0n) is 18.7. The van der Waals surface area contributed by atoms with E-state index in [1.807, 2.05) is 63.3 Å². The summed E-state index contributed by atoms with van der Waals surface area (Å²) in [5.41, 5.74) is 1.88. The molecule has 0 aromatic heterocycles. The number of benzene rings is 3. The Morgan fingerprint density at radius 2 is 1.48 bits per heavy atom. The first-order chi connectivity index (χ1) is 15.4. The lowest BCUT2D eigenvalue weighted by Crippen LogP contribution is -2.41. The topological polar surface area (TPSA) is 90.0 Å². The second-order valence-electron chi connectivity index (χ2n) is 8.73. The summed E-state index contributed by atoms with van der Waals surface area (Å²) in [6.45, 7) is 5.96. The third-order valence-electron chi connectivity index (χ3n) is 4.87. The van der Waals surface area contributed by atoms with Crippen LogP contribution < -0.4 is 4.74 Å². The fraction of sp³-hybridized carbons (Fsp3) is 0.200. The van der Waals surface area contributed by atoms with Gasteiger partial charge in [0.1, 0.15) is 11.4 Å². The first kappa shape index (κ1) is 22.7. The van der Waals surface area contributed by atoms with Crippen LogP contribution in [0.15, 0.2) is 54.6 Å². The third kappa shape index (κ3) is 4.81. The van der Waals surface area contributed by atoms with Crippen molar-refractivity contribution in [3.05, 3.63) is 76.9 Å². The minimum atomic E-state index is -4.06. The molecule has 170 valence electrons. The van der Waals surface area contributed by atoms with E-state index in [1.165, 1.54) is 0 Å². The first-order valence-electron chi connectivity index (χ1n) is 10.2. The summed E-state index contributed by atoms with van der Waals surface area (Å²) in [5.74, 6) is -0.864. The number of hydrogen-bond acceptors (Lipinski definition) is 6. The second kappa shape index (κ2) is 8.13. The van der Waals surface area contributed by atoms with E-state index in [0.29, 0.717) is 15.8 Å². The Labute approximate surface area is 192 Å². The average molecular weight is 466 g/mol. The molecular formula is C25H23NO6S. The van der Waals surface area contributed by atoms with Crippen molar-refractivity contribution in [2.45, 2.75) is 26.4 Å². The Kier molecular flexibility index (Phi) is 5.59. The Morgan fingerprint density at radius 3 is 2.09 bits per heavy atom. The highest BCUT2D eigenvalue weighted by Crippen LogP contribution is 2.33. The van der Waals surface area contributed by atoms with Crippen LogP contribution in [0.5, 0.6) is 5.75 Å². The van der Waals surface area contributed by atoms with Crippen molar-refractivity contribution in [2.24, 2.45) is 0 Å². The lowest BCUT2D eigenvalue weighted by atomic mass is 9.92. The van der Waals surface area contributed by atoms with Crippen LogP contribution in [0.3, 0.4) is 0 Å². The van der Waals surface area contributed by atoms with Gasteiger partial charge in [-0.05, 0) is 61.5 Å². The van der Waals surface area contributed by atoms with Crippen LogP contribution >= 0.6 is 0 Å². The molecular weight excluding hydrogens is 442 g/mol. The van der Waals surface area contributed by atoms with Gasteiger partial charge in [0.05, 0.1) is 17.4 Å². The standard InChI is InChI=1S/C25H23NO6S/c1-25(2,3)31-18-13-9-16(10-14-18)8-11-17-12-15-21-22-19(17)6-5-7-20(22)23(27)26(24(21)28)32-33(4,29)30/h5-15H,1-4H3/b11-8+. The maximum Gasteiger partial charge on any atom is 0.286 e. The predicted molar refractivity (Wildman–Crippen MR) is 126 cm³/mol. The molecule has 0 N–H and O–H groups in total. The van der Waals surface area contributed by atoms with Gasteiger partial charge in [-0.25, -0.2) is 0 Å². The van der Waals surface area contributed by atoms with Crippen LogP contribution in [0, 0.1) is 0 Å². The fourth-order valence-electron chi connectivity index (χ4n) is 3.63. The maximum atomic E-state index is 12.8. The molecule has 4 rings (SSSR count). The normalized spacial score (nSPS) is 14.4. The number of rotatable bonds is 5. The maximum absolute atomic E-state index is 12.8. The van der Waals surface area contributed by atoms with Gasteiger partial charge in [0, 0.05) is 5.39 Å². The van der Waals surface area contributed by atoms with Gasteiger partial charge in [0.2, 0.25) is 0 Å². The first-order valence-corrected chi connectivity index (χ1v) is 12.1. The molecule has 0 radical (unpaired) electrons. The lowest BCUT2D eigenvalue weighted by molar-refractivity contribution is -0.0149. The molecule has 3 aromatic rings. The SMILES string of the molecule is CC(C)(C)Oc1ccc(/C=C/c2ccc3c4c(cccc24)C(=O)N(OS(C)(=O)=O)C3=O)cc1. The van der Waals surface area contributed by atoms with E-state index in [0.717, 1.165) is 23.1 Å². The Morgan fingerprint density at radius 1 is 0.848 bits per heavy atom. The van der Waals surface area contributed by atoms with Crippen molar-refractivity contribution in [2.75, 3.05) is 6.26 Å². The highest BCUT2D eigenvalue weighted by molar-refractivity contribution is 7.85. The number of hydroxylamine groups is 2. The minimum Gasteiger partial charge on any atom is -0.488 e. The van der Waals surface area contributed by atoms with Crippen molar-refractivity contribution < 1.29 is 27.0 Å². The lowest BCUT2D eigenvalue weighted by Gasteiger charge is -2.25. The molecule has 7 nitrogen and oxygen atoms in total. The Balaban J connectivity index is 1.70. The molecule has 0 fully saturated rings. The minimum absolute atomic E-state index is 0.199. The van der Waals surface area contributed by atoms with E-state index in [4.69, 9.17) is 4.74 Å². The summed E-state index contributed by atoms with van der Waals surface area (Å²) in [6, 6.07) is 16.0. The third-order valence-corrected chi connectivity index (χ3v) is 5.29. The van der Waals surface area contributed by atoms with Gasteiger partial charge in [-0.1, -0.05) is 42.5 Å².